The van der Waals surface area contributed by atoms with Crippen molar-refractivity contribution >= 4 is 11.8 Å². The normalized spacial score (nSPS) is 34.9. The van der Waals surface area contributed by atoms with Crippen LogP contribution in [0.2, 0.25) is 0 Å². The van der Waals surface area contributed by atoms with Gasteiger partial charge in [0, 0.05) is 32.0 Å². The zero-order chi connectivity index (χ0) is 17.3. The van der Waals surface area contributed by atoms with Crippen LogP contribution in [0.3, 0.4) is 0 Å². The minimum absolute atomic E-state index is 0.0291. The van der Waals surface area contributed by atoms with Gasteiger partial charge in [-0.15, -0.1) is 0 Å². The lowest BCUT2D eigenvalue weighted by Gasteiger charge is -2.55. The molecule has 0 aromatic carbocycles. The summed E-state index contributed by atoms with van der Waals surface area (Å²) < 4.78 is 0. The average Bonchev–Trinajstić information content (AvgIpc) is 2.50. The second-order valence-corrected chi connectivity index (χ2v) is 8.66. The molecule has 0 saturated heterocycles. The third-order valence-corrected chi connectivity index (χ3v) is 6.45. The highest BCUT2D eigenvalue weighted by Gasteiger charge is 2.54. The maximum Gasteiger partial charge on any atom is 0.226 e. The van der Waals surface area contributed by atoms with Crippen molar-refractivity contribution in [2.45, 2.75) is 64.4 Å². The number of carbonyl (C=O) groups excluding carboxylic acids is 2. The van der Waals surface area contributed by atoms with Crippen LogP contribution in [0.15, 0.2) is 0 Å². The average molecular weight is 336 g/mol. The molecule has 5 nitrogen and oxygen atoms in total. The number of nitrogens with zero attached hydrogens (tertiary/aromatic N) is 1. The summed E-state index contributed by atoms with van der Waals surface area (Å²) in [6.07, 6.45) is 7.72. The predicted molar refractivity (Wildman–Crippen MR) is 92.2 cm³/mol. The molecule has 1 atom stereocenters. The van der Waals surface area contributed by atoms with Gasteiger partial charge >= 0.3 is 0 Å². The quantitative estimate of drug-likeness (QED) is 0.746. The third kappa shape index (κ3) is 3.76. The molecule has 0 aliphatic heterocycles. The van der Waals surface area contributed by atoms with Crippen molar-refractivity contribution in [2.24, 2.45) is 23.2 Å². The van der Waals surface area contributed by atoms with E-state index in [4.69, 9.17) is 0 Å². The summed E-state index contributed by atoms with van der Waals surface area (Å²) >= 11 is 0. The van der Waals surface area contributed by atoms with E-state index in [0.29, 0.717) is 25.9 Å². The molecule has 4 rings (SSSR count). The van der Waals surface area contributed by atoms with Gasteiger partial charge in [-0.2, -0.15) is 0 Å². The molecule has 4 aliphatic carbocycles. The van der Waals surface area contributed by atoms with E-state index < -0.39 is 6.10 Å². The van der Waals surface area contributed by atoms with Gasteiger partial charge in [-0.1, -0.05) is 0 Å². The molecular weight excluding hydrogens is 304 g/mol. The van der Waals surface area contributed by atoms with Crippen molar-refractivity contribution < 1.29 is 14.7 Å². The number of hydrogen-bond donors (Lipinski definition) is 2. The Bertz CT molecular complexity index is 454. The van der Waals surface area contributed by atoms with E-state index in [-0.39, 0.29) is 17.2 Å². The highest BCUT2D eigenvalue weighted by atomic mass is 16.3. The van der Waals surface area contributed by atoms with Crippen molar-refractivity contribution in [3.05, 3.63) is 0 Å². The highest BCUT2D eigenvalue weighted by molar-refractivity contribution is 5.84. The minimum atomic E-state index is -0.393. The van der Waals surface area contributed by atoms with Gasteiger partial charge in [-0.05, 0) is 69.6 Å². The highest BCUT2D eigenvalue weighted by Crippen LogP contribution is 2.60. The topological polar surface area (TPSA) is 69.6 Å². The monoisotopic (exact) mass is 336 g/mol. The SMILES string of the molecule is CC(O)CCN(C)C(=O)CCNC(=O)C12CC3CC(CC(C3)C1)C2. The summed E-state index contributed by atoms with van der Waals surface area (Å²) in [7, 11) is 1.76. The van der Waals surface area contributed by atoms with E-state index in [1.807, 2.05) is 0 Å². The molecular formula is C19H32N2O3. The Kier molecular flexibility index (Phi) is 5.19. The van der Waals surface area contributed by atoms with Crippen LogP contribution in [0.1, 0.15) is 58.3 Å². The van der Waals surface area contributed by atoms with Crippen LogP contribution in [0, 0.1) is 23.2 Å². The van der Waals surface area contributed by atoms with Gasteiger partial charge < -0.3 is 15.3 Å². The lowest BCUT2D eigenvalue weighted by molar-refractivity contribution is -0.146. The van der Waals surface area contributed by atoms with E-state index >= 15 is 0 Å². The fraction of sp³-hybridized carbons (Fsp3) is 0.895. The molecule has 0 aromatic heterocycles. The lowest BCUT2D eigenvalue weighted by atomic mass is 9.49. The maximum absolute atomic E-state index is 12.8. The van der Waals surface area contributed by atoms with E-state index in [0.717, 1.165) is 37.0 Å². The second kappa shape index (κ2) is 7.03. The van der Waals surface area contributed by atoms with Gasteiger partial charge in [-0.25, -0.2) is 0 Å². The summed E-state index contributed by atoms with van der Waals surface area (Å²) in [5.41, 5.74) is -0.129. The van der Waals surface area contributed by atoms with Crippen molar-refractivity contribution in [1.82, 2.24) is 10.2 Å². The molecule has 4 aliphatic rings. The molecule has 5 heteroatoms. The zero-order valence-electron chi connectivity index (χ0n) is 15.1. The fourth-order valence-corrected chi connectivity index (χ4v) is 5.56. The first-order valence-electron chi connectivity index (χ1n) is 9.58. The van der Waals surface area contributed by atoms with Crippen molar-refractivity contribution in [2.75, 3.05) is 20.1 Å². The fourth-order valence-electron chi connectivity index (χ4n) is 5.56. The molecule has 136 valence electrons. The Labute approximate surface area is 145 Å². The molecule has 1 unspecified atom stereocenters. The predicted octanol–water partition coefficient (Wildman–Crippen LogP) is 1.94. The molecule has 2 amide bonds. The van der Waals surface area contributed by atoms with Crippen molar-refractivity contribution in [3.63, 3.8) is 0 Å². The molecule has 0 spiro atoms. The standard InChI is InChI=1S/C19H32N2O3/c1-13(22)4-6-21(2)17(23)3-5-20-18(24)19-10-14-7-15(11-19)9-16(8-14)12-19/h13-16,22H,3-12H2,1-2H3,(H,20,24). The Morgan fingerprint density at radius 3 is 2.21 bits per heavy atom. The number of amides is 2. The van der Waals surface area contributed by atoms with Crippen LogP contribution in [0.4, 0.5) is 0 Å². The number of aliphatic hydroxyl groups is 1. The van der Waals surface area contributed by atoms with E-state index in [1.165, 1.54) is 19.3 Å². The van der Waals surface area contributed by atoms with Crippen LogP contribution < -0.4 is 5.32 Å². The molecule has 2 N–H and O–H groups in total. The van der Waals surface area contributed by atoms with Gasteiger partial charge in [-0.3, -0.25) is 9.59 Å². The molecule has 24 heavy (non-hydrogen) atoms. The maximum atomic E-state index is 12.8. The Hall–Kier alpha value is -1.10. The number of carbonyl (C=O) groups is 2. The molecule has 0 heterocycles. The summed E-state index contributed by atoms with van der Waals surface area (Å²) in [6, 6.07) is 0. The first-order valence-corrected chi connectivity index (χ1v) is 9.58. The molecule has 4 saturated carbocycles. The Morgan fingerprint density at radius 1 is 1.17 bits per heavy atom. The molecule has 4 fully saturated rings. The number of nitrogens with one attached hydrogen (secondary N) is 1. The van der Waals surface area contributed by atoms with Crippen LogP contribution in [-0.2, 0) is 9.59 Å². The number of rotatable bonds is 7. The Morgan fingerprint density at radius 2 is 1.71 bits per heavy atom. The van der Waals surface area contributed by atoms with Crippen LogP contribution in [0.25, 0.3) is 0 Å². The summed E-state index contributed by atoms with van der Waals surface area (Å²) in [5.74, 6) is 2.50. The first-order chi connectivity index (χ1) is 11.4. The van der Waals surface area contributed by atoms with Crippen molar-refractivity contribution in [3.8, 4) is 0 Å². The third-order valence-electron chi connectivity index (χ3n) is 6.45. The van der Waals surface area contributed by atoms with Crippen LogP contribution in [0.5, 0.6) is 0 Å². The van der Waals surface area contributed by atoms with Crippen LogP contribution in [-0.4, -0.2) is 48.1 Å². The summed E-state index contributed by atoms with van der Waals surface area (Å²) in [6.45, 7) is 2.71. The Balaban J connectivity index is 1.44. The van der Waals surface area contributed by atoms with Gasteiger partial charge in [0.1, 0.15) is 0 Å². The summed E-state index contributed by atoms with van der Waals surface area (Å²) in [5, 5.41) is 12.3. The van der Waals surface area contributed by atoms with Gasteiger partial charge in [0.15, 0.2) is 0 Å². The molecule has 0 radical (unpaired) electrons. The summed E-state index contributed by atoms with van der Waals surface area (Å²) in [4.78, 5) is 26.5. The second-order valence-electron chi connectivity index (χ2n) is 8.66. The zero-order valence-corrected chi connectivity index (χ0v) is 15.1. The lowest BCUT2D eigenvalue weighted by Crippen LogP contribution is -2.53. The van der Waals surface area contributed by atoms with Gasteiger partial charge in [0.05, 0.1) is 6.10 Å². The van der Waals surface area contributed by atoms with Gasteiger partial charge in [0.25, 0.3) is 0 Å². The molecule has 4 bridgehead atoms. The van der Waals surface area contributed by atoms with Crippen LogP contribution >= 0.6 is 0 Å². The number of hydrogen-bond acceptors (Lipinski definition) is 3. The van der Waals surface area contributed by atoms with E-state index in [1.54, 1.807) is 18.9 Å². The number of aliphatic hydroxyl groups excluding tert-OH is 1. The molecule has 0 aromatic rings. The first kappa shape index (κ1) is 17.7. The van der Waals surface area contributed by atoms with Crippen molar-refractivity contribution in [1.29, 1.82) is 0 Å². The smallest absolute Gasteiger partial charge is 0.226 e. The largest absolute Gasteiger partial charge is 0.393 e. The minimum Gasteiger partial charge on any atom is -0.393 e. The van der Waals surface area contributed by atoms with E-state index in [2.05, 4.69) is 5.32 Å². The van der Waals surface area contributed by atoms with E-state index in [9.17, 15) is 14.7 Å². The van der Waals surface area contributed by atoms with Gasteiger partial charge in [0.2, 0.25) is 11.8 Å².